The van der Waals surface area contributed by atoms with Crippen molar-refractivity contribution in [1.29, 1.82) is 0 Å². The standard InChI is InChI=1S/C8H18N2O2/c1-7(6-11)5-10-8(12)3-2-4-9/h7,11H,2-6,9H2,1H3,(H,10,12). The zero-order chi connectivity index (χ0) is 9.40. The predicted molar refractivity (Wildman–Crippen MR) is 47.5 cm³/mol. The number of carbonyl (C=O) groups is 1. The van der Waals surface area contributed by atoms with Crippen LogP contribution in [0.3, 0.4) is 0 Å². The Morgan fingerprint density at radius 1 is 1.67 bits per heavy atom. The summed E-state index contributed by atoms with van der Waals surface area (Å²) in [7, 11) is 0. The minimum atomic E-state index is 0.0146. The summed E-state index contributed by atoms with van der Waals surface area (Å²) in [5, 5.41) is 11.4. The maximum atomic E-state index is 11.0. The molecule has 0 saturated heterocycles. The van der Waals surface area contributed by atoms with E-state index in [4.69, 9.17) is 10.8 Å². The van der Waals surface area contributed by atoms with E-state index in [9.17, 15) is 4.79 Å². The molecule has 0 aromatic rings. The van der Waals surface area contributed by atoms with Crippen molar-refractivity contribution >= 4 is 5.91 Å². The molecule has 1 atom stereocenters. The van der Waals surface area contributed by atoms with Gasteiger partial charge in [-0.2, -0.15) is 0 Å². The van der Waals surface area contributed by atoms with Gasteiger partial charge in [-0.15, -0.1) is 0 Å². The molecule has 0 aliphatic rings. The SMILES string of the molecule is CC(CO)CNC(=O)CCCN. The van der Waals surface area contributed by atoms with E-state index in [-0.39, 0.29) is 18.4 Å². The van der Waals surface area contributed by atoms with E-state index in [2.05, 4.69) is 5.32 Å². The highest BCUT2D eigenvalue weighted by Crippen LogP contribution is 1.90. The third-order valence-electron chi connectivity index (χ3n) is 1.57. The number of nitrogens with one attached hydrogen (secondary N) is 1. The van der Waals surface area contributed by atoms with Gasteiger partial charge in [-0.3, -0.25) is 4.79 Å². The Labute approximate surface area is 73.1 Å². The van der Waals surface area contributed by atoms with Gasteiger partial charge < -0.3 is 16.2 Å². The average molecular weight is 174 g/mol. The Bertz CT molecular complexity index is 128. The van der Waals surface area contributed by atoms with Crippen LogP contribution in [0.1, 0.15) is 19.8 Å². The molecule has 0 saturated carbocycles. The van der Waals surface area contributed by atoms with Gasteiger partial charge in [0.05, 0.1) is 0 Å². The van der Waals surface area contributed by atoms with Crippen LogP contribution in [0.5, 0.6) is 0 Å². The van der Waals surface area contributed by atoms with Crippen LogP contribution in [-0.4, -0.2) is 30.7 Å². The molecule has 0 aliphatic carbocycles. The highest BCUT2D eigenvalue weighted by molar-refractivity contribution is 5.75. The lowest BCUT2D eigenvalue weighted by atomic mass is 10.2. The van der Waals surface area contributed by atoms with E-state index in [0.717, 1.165) is 6.42 Å². The van der Waals surface area contributed by atoms with Crippen LogP contribution in [0.15, 0.2) is 0 Å². The molecular formula is C8H18N2O2. The van der Waals surface area contributed by atoms with Gasteiger partial charge in [0.1, 0.15) is 0 Å². The first-order valence-electron chi connectivity index (χ1n) is 4.28. The fourth-order valence-corrected chi connectivity index (χ4v) is 0.704. The third kappa shape index (κ3) is 6.12. The van der Waals surface area contributed by atoms with Crippen LogP contribution in [0.2, 0.25) is 0 Å². The molecule has 0 aromatic heterocycles. The second kappa shape index (κ2) is 7.06. The highest BCUT2D eigenvalue weighted by atomic mass is 16.3. The maximum absolute atomic E-state index is 11.0. The Morgan fingerprint density at radius 2 is 2.33 bits per heavy atom. The summed E-state index contributed by atoms with van der Waals surface area (Å²) in [5.41, 5.74) is 5.24. The zero-order valence-electron chi connectivity index (χ0n) is 7.55. The zero-order valence-corrected chi connectivity index (χ0v) is 7.55. The van der Waals surface area contributed by atoms with Crippen molar-refractivity contribution in [3.8, 4) is 0 Å². The van der Waals surface area contributed by atoms with Crippen LogP contribution in [0.25, 0.3) is 0 Å². The lowest BCUT2D eigenvalue weighted by Crippen LogP contribution is -2.29. The molecule has 4 N–H and O–H groups in total. The smallest absolute Gasteiger partial charge is 0.220 e. The van der Waals surface area contributed by atoms with E-state index in [1.54, 1.807) is 0 Å². The molecule has 0 aromatic carbocycles. The molecule has 0 heterocycles. The van der Waals surface area contributed by atoms with Crippen LogP contribution in [0.4, 0.5) is 0 Å². The highest BCUT2D eigenvalue weighted by Gasteiger charge is 2.03. The lowest BCUT2D eigenvalue weighted by molar-refractivity contribution is -0.121. The molecule has 0 spiro atoms. The second-order valence-electron chi connectivity index (χ2n) is 2.98. The average Bonchev–Trinajstić information content (AvgIpc) is 2.10. The van der Waals surface area contributed by atoms with E-state index in [1.165, 1.54) is 0 Å². The molecule has 72 valence electrons. The van der Waals surface area contributed by atoms with E-state index in [0.29, 0.717) is 19.5 Å². The first-order valence-corrected chi connectivity index (χ1v) is 4.28. The quantitative estimate of drug-likeness (QED) is 0.506. The number of hydrogen-bond acceptors (Lipinski definition) is 3. The number of amides is 1. The molecule has 4 heteroatoms. The lowest BCUT2D eigenvalue weighted by Gasteiger charge is -2.08. The van der Waals surface area contributed by atoms with Crippen molar-refractivity contribution in [1.82, 2.24) is 5.32 Å². The first-order chi connectivity index (χ1) is 5.70. The molecule has 0 bridgehead atoms. The summed E-state index contributed by atoms with van der Waals surface area (Å²) in [6, 6.07) is 0. The molecule has 4 nitrogen and oxygen atoms in total. The number of carbonyl (C=O) groups excluding carboxylic acids is 1. The molecule has 0 radical (unpaired) electrons. The van der Waals surface area contributed by atoms with E-state index in [1.807, 2.05) is 6.92 Å². The Morgan fingerprint density at radius 3 is 2.83 bits per heavy atom. The van der Waals surface area contributed by atoms with Gasteiger partial charge in [0.15, 0.2) is 0 Å². The first kappa shape index (κ1) is 11.4. The number of hydrogen-bond donors (Lipinski definition) is 3. The molecule has 0 fully saturated rings. The van der Waals surface area contributed by atoms with Gasteiger partial charge in [-0.1, -0.05) is 6.92 Å². The van der Waals surface area contributed by atoms with Crippen molar-refractivity contribution in [2.24, 2.45) is 11.7 Å². The molecule has 0 aliphatic heterocycles. The van der Waals surface area contributed by atoms with Crippen LogP contribution >= 0.6 is 0 Å². The minimum Gasteiger partial charge on any atom is -0.396 e. The second-order valence-corrected chi connectivity index (χ2v) is 2.98. The minimum absolute atomic E-state index is 0.0146. The Balaban J connectivity index is 3.31. The van der Waals surface area contributed by atoms with Crippen molar-refractivity contribution in [3.63, 3.8) is 0 Å². The Hall–Kier alpha value is -0.610. The van der Waals surface area contributed by atoms with Gasteiger partial charge in [-0.05, 0) is 18.9 Å². The molecule has 1 unspecified atom stereocenters. The maximum Gasteiger partial charge on any atom is 0.220 e. The summed E-state index contributed by atoms with van der Waals surface area (Å²) in [4.78, 5) is 11.0. The fraction of sp³-hybridized carbons (Fsp3) is 0.875. The normalized spacial score (nSPS) is 12.6. The fourth-order valence-electron chi connectivity index (χ4n) is 0.704. The van der Waals surface area contributed by atoms with Crippen LogP contribution in [0, 0.1) is 5.92 Å². The van der Waals surface area contributed by atoms with Gasteiger partial charge >= 0.3 is 0 Å². The van der Waals surface area contributed by atoms with Gasteiger partial charge in [0.25, 0.3) is 0 Å². The van der Waals surface area contributed by atoms with Gasteiger partial charge in [0.2, 0.25) is 5.91 Å². The number of aliphatic hydroxyl groups is 1. The summed E-state index contributed by atoms with van der Waals surface area (Å²) < 4.78 is 0. The van der Waals surface area contributed by atoms with Gasteiger partial charge in [-0.25, -0.2) is 0 Å². The molecule has 12 heavy (non-hydrogen) atoms. The van der Waals surface area contributed by atoms with Crippen LogP contribution < -0.4 is 11.1 Å². The summed E-state index contributed by atoms with van der Waals surface area (Å²) in [6.07, 6.45) is 1.20. The summed E-state index contributed by atoms with van der Waals surface area (Å²) >= 11 is 0. The molecular weight excluding hydrogens is 156 g/mol. The summed E-state index contributed by atoms with van der Waals surface area (Å²) in [6.45, 7) is 3.07. The van der Waals surface area contributed by atoms with E-state index < -0.39 is 0 Å². The van der Waals surface area contributed by atoms with Crippen molar-refractivity contribution in [3.05, 3.63) is 0 Å². The number of nitrogens with two attached hydrogens (primary N) is 1. The van der Waals surface area contributed by atoms with Crippen molar-refractivity contribution in [2.75, 3.05) is 19.7 Å². The largest absolute Gasteiger partial charge is 0.396 e. The van der Waals surface area contributed by atoms with Crippen LogP contribution in [-0.2, 0) is 4.79 Å². The molecule has 0 rings (SSSR count). The number of rotatable bonds is 6. The monoisotopic (exact) mass is 174 g/mol. The summed E-state index contributed by atoms with van der Waals surface area (Å²) in [5.74, 6) is 0.146. The Kier molecular flexibility index (Phi) is 6.70. The van der Waals surface area contributed by atoms with Crippen molar-refractivity contribution in [2.45, 2.75) is 19.8 Å². The predicted octanol–water partition coefficient (Wildman–Crippen LogP) is -0.530. The van der Waals surface area contributed by atoms with Crippen molar-refractivity contribution < 1.29 is 9.90 Å². The third-order valence-corrected chi connectivity index (χ3v) is 1.57. The molecule has 1 amide bonds. The topological polar surface area (TPSA) is 75.3 Å². The number of aliphatic hydroxyl groups excluding tert-OH is 1. The van der Waals surface area contributed by atoms with E-state index >= 15 is 0 Å². The van der Waals surface area contributed by atoms with Gasteiger partial charge in [0, 0.05) is 19.6 Å².